The van der Waals surface area contributed by atoms with Crippen molar-refractivity contribution in [1.29, 1.82) is 0 Å². The molecule has 9 aromatic carbocycles. The Hall–Kier alpha value is -7.04. The summed E-state index contributed by atoms with van der Waals surface area (Å²) >= 11 is 0. The Morgan fingerprint density at radius 2 is 0.984 bits per heavy atom. The zero-order chi connectivity index (χ0) is 43.8. The molecule has 1 aromatic heterocycles. The van der Waals surface area contributed by atoms with Gasteiger partial charge in [0.05, 0.1) is 0 Å². The Labute approximate surface area is 377 Å². The van der Waals surface area contributed by atoms with Crippen LogP contribution in [0.5, 0.6) is 0 Å². The van der Waals surface area contributed by atoms with Gasteiger partial charge >= 0.3 is 6.85 Å². The number of rotatable bonds is 4. The first-order valence-electron chi connectivity index (χ1n) is 22.9. The van der Waals surface area contributed by atoms with Crippen molar-refractivity contribution in [2.45, 2.75) is 66.2 Å². The number of para-hydroxylation sites is 4. The lowest BCUT2D eigenvalue weighted by Crippen LogP contribution is -2.56. The molecule has 12 rings (SSSR count). The highest BCUT2D eigenvalue weighted by molar-refractivity contribution is 6.90. The van der Waals surface area contributed by atoms with Crippen LogP contribution in [0.1, 0.15) is 63.8 Å². The zero-order valence-corrected chi connectivity index (χ0v) is 38.1. The fraction of sp³-hybridized carbons (Fsp3) is 0.167. The number of fused-ring (bicyclic) bond motifs is 9. The second-order valence-corrected chi connectivity index (χ2v) is 20.3. The number of hydrogen-bond donors (Lipinski definition) is 0. The van der Waals surface area contributed by atoms with Crippen molar-refractivity contribution < 1.29 is 0 Å². The number of anilines is 6. The average molecular weight is 826 g/mol. The predicted molar refractivity (Wildman–Crippen MR) is 277 cm³/mol. The lowest BCUT2D eigenvalue weighted by molar-refractivity contribution is 0.569. The summed E-state index contributed by atoms with van der Waals surface area (Å²) in [6.07, 6.45) is 0. The highest BCUT2D eigenvalue weighted by Crippen LogP contribution is 2.50. The van der Waals surface area contributed by atoms with E-state index >= 15 is 0 Å². The topological polar surface area (TPSA) is 11.4 Å². The van der Waals surface area contributed by atoms with Crippen molar-refractivity contribution in [3.63, 3.8) is 0 Å². The van der Waals surface area contributed by atoms with Crippen molar-refractivity contribution in [2.24, 2.45) is 0 Å². The van der Waals surface area contributed by atoms with E-state index in [9.17, 15) is 0 Å². The fourth-order valence-corrected chi connectivity index (χ4v) is 11.1. The molecular weight excluding hydrogens is 773 g/mol. The van der Waals surface area contributed by atoms with Gasteiger partial charge in [-0.1, -0.05) is 151 Å². The molecule has 0 bridgehead atoms. The molecule has 0 unspecified atom stereocenters. The number of aryl methyl sites for hydroxylation is 2. The van der Waals surface area contributed by atoms with E-state index in [4.69, 9.17) is 0 Å². The summed E-state index contributed by atoms with van der Waals surface area (Å²) in [4.78, 5) is 5.09. The van der Waals surface area contributed by atoms with Crippen LogP contribution in [0.25, 0.3) is 54.5 Å². The van der Waals surface area contributed by atoms with Gasteiger partial charge in [0, 0.05) is 61.5 Å². The molecule has 3 nitrogen and oxygen atoms in total. The highest BCUT2D eigenvalue weighted by atomic mass is 15.2. The largest absolute Gasteiger partial charge is 0.375 e. The third kappa shape index (κ3) is 5.61. The van der Waals surface area contributed by atoms with Crippen LogP contribution in [0.3, 0.4) is 0 Å². The van der Waals surface area contributed by atoms with E-state index in [0.29, 0.717) is 0 Å². The normalized spacial score (nSPS) is 13.2. The molecule has 0 amide bonds. The van der Waals surface area contributed by atoms with Gasteiger partial charge in [-0.05, 0) is 146 Å². The Balaban J connectivity index is 1.29. The maximum absolute atomic E-state index is 2.69. The van der Waals surface area contributed by atoms with Crippen LogP contribution in [0.15, 0.2) is 170 Å². The van der Waals surface area contributed by atoms with Gasteiger partial charge in [-0.15, -0.1) is 0 Å². The first-order valence-corrected chi connectivity index (χ1v) is 22.9. The van der Waals surface area contributed by atoms with E-state index in [1.807, 2.05) is 0 Å². The second-order valence-electron chi connectivity index (χ2n) is 20.3. The summed E-state index contributed by atoms with van der Waals surface area (Å²) in [5.41, 5.74) is 20.0. The van der Waals surface area contributed by atoms with E-state index in [0.717, 1.165) is 17.1 Å². The molecule has 0 N–H and O–H groups in total. The van der Waals surface area contributed by atoms with Gasteiger partial charge in [-0.25, -0.2) is 0 Å². The minimum atomic E-state index is -0.0760. The van der Waals surface area contributed by atoms with Crippen LogP contribution in [-0.4, -0.2) is 11.3 Å². The summed E-state index contributed by atoms with van der Waals surface area (Å²) in [5, 5.41) is 7.85. The van der Waals surface area contributed by atoms with Gasteiger partial charge in [0.1, 0.15) is 0 Å². The van der Waals surface area contributed by atoms with Gasteiger partial charge in [0.25, 0.3) is 0 Å². The quantitative estimate of drug-likeness (QED) is 0.129. The fourth-order valence-electron chi connectivity index (χ4n) is 11.1. The summed E-state index contributed by atoms with van der Waals surface area (Å²) < 4.78 is 2.69. The van der Waals surface area contributed by atoms with Gasteiger partial charge in [-0.3, -0.25) is 0 Å². The molecule has 0 atom stereocenters. The molecule has 0 saturated heterocycles. The third-order valence-corrected chi connectivity index (χ3v) is 14.4. The van der Waals surface area contributed by atoms with Crippen LogP contribution >= 0.6 is 0 Å². The van der Waals surface area contributed by atoms with E-state index in [1.165, 1.54) is 105 Å². The van der Waals surface area contributed by atoms with Crippen LogP contribution < -0.4 is 20.7 Å². The molecule has 0 radical (unpaired) electrons. The first kappa shape index (κ1) is 38.6. The Kier molecular flexibility index (Phi) is 8.29. The molecule has 64 heavy (non-hydrogen) atoms. The SMILES string of the molecule is Cc1c2ccccc2c(C)c2cc3c(cc12)B1c2c(cc(N(c4ccccc4)c4ccccc4)cc2N3c2cc(C(C)(C)C)cc(C(C)(C)C)c2)-c2cccc3c4ccccc4n1c23. The molecule has 3 heterocycles. The lowest BCUT2D eigenvalue weighted by Gasteiger charge is -2.42. The van der Waals surface area contributed by atoms with Gasteiger partial charge < -0.3 is 14.3 Å². The lowest BCUT2D eigenvalue weighted by atomic mass is 9.45. The molecule has 0 saturated carbocycles. The van der Waals surface area contributed by atoms with Crippen molar-refractivity contribution >= 4 is 95.2 Å². The second kappa shape index (κ2) is 13.7. The molecule has 0 spiro atoms. The molecule has 2 aliphatic rings. The van der Waals surface area contributed by atoms with E-state index < -0.39 is 0 Å². The smallest absolute Gasteiger partial charge is 0.333 e. The van der Waals surface area contributed by atoms with Crippen LogP contribution in [0.2, 0.25) is 0 Å². The van der Waals surface area contributed by atoms with Crippen molar-refractivity contribution in [2.75, 3.05) is 9.80 Å². The number of hydrogen-bond acceptors (Lipinski definition) is 2. The molecule has 0 aliphatic carbocycles. The van der Waals surface area contributed by atoms with Crippen molar-refractivity contribution in [3.05, 3.63) is 192 Å². The molecule has 2 aliphatic heterocycles. The van der Waals surface area contributed by atoms with Crippen LogP contribution in [0, 0.1) is 13.8 Å². The molecule has 10 aromatic rings. The summed E-state index contributed by atoms with van der Waals surface area (Å²) in [6.45, 7) is 18.7. The third-order valence-electron chi connectivity index (χ3n) is 14.4. The Morgan fingerprint density at radius 3 is 1.59 bits per heavy atom. The minimum absolute atomic E-state index is 0.0690. The maximum Gasteiger partial charge on any atom is 0.333 e. The number of benzene rings is 9. The Morgan fingerprint density at radius 1 is 0.438 bits per heavy atom. The van der Waals surface area contributed by atoms with Gasteiger partial charge in [0.2, 0.25) is 0 Å². The van der Waals surface area contributed by atoms with E-state index in [1.54, 1.807) is 0 Å². The average Bonchev–Trinajstić information content (AvgIpc) is 3.64. The summed E-state index contributed by atoms with van der Waals surface area (Å²) in [5.74, 6) is 0. The van der Waals surface area contributed by atoms with E-state index in [-0.39, 0.29) is 17.7 Å². The number of nitrogens with zero attached hydrogens (tertiary/aromatic N) is 3. The molecule has 4 heteroatoms. The number of aromatic nitrogens is 1. The van der Waals surface area contributed by atoms with E-state index in [2.05, 4.69) is 240 Å². The van der Waals surface area contributed by atoms with Crippen LogP contribution in [0.4, 0.5) is 34.1 Å². The summed E-state index contributed by atoms with van der Waals surface area (Å²) in [7, 11) is 0. The standard InChI is InChI=1S/C60H52BN3/c1-37-45-24-15-16-25-46(45)38(2)51-36-55-53(35-50(37)51)61-57-52(49-28-19-27-48-47-26-17-18-29-54(47)64(61)58(48)49)33-44(62(41-20-11-9-12-21-41)42-22-13-10-14-23-42)34-56(57)63(55)43-31-39(59(3,4)5)30-40(32-43)60(6,7)8/h9-36H,1-8H3. The molecule has 0 fully saturated rings. The molecule has 310 valence electrons. The summed E-state index contributed by atoms with van der Waals surface area (Å²) in [6, 6.07) is 64.2. The highest BCUT2D eigenvalue weighted by Gasteiger charge is 2.44. The Bertz CT molecular complexity index is 3480. The first-order chi connectivity index (χ1) is 30.9. The minimum Gasteiger partial charge on any atom is -0.375 e. The van der Waals surface area contributed by atoms with Crippen molar-refractivity contribution in [3.8, 4) is 11.1 Å². The molecular formula is C60H52BN3. The van der Waals surface area contributed by atoms with Crippen molar-refractivity contribution in [1.82, 2.24) is 4.48 Å². The monoisotopic (exact) mass is 825 g/mol. The van der Waals surface area contributed by atoms with Gasteiger partial charge in [-0.2, -0.15) is 0 Å². The van der Waals surface area contributed by atoms with Gasteiger partial charge in [0.15, 0.2) is 0 Å². The zero-order valence-electron chi connectivity index (χ0n) is 38.1. The van der Waals surface area contributed by atoms with Crippen LogP contribution in [-0.2, 0) is 10.8 Å². The predicted octanol–water partition coefficient (Wildman–Crippen LogP) is 15.2. The maximum atomic E-state index is 2.69.